The second-order valence-electron chi connectivity index (χ2n) is 5.22. The Kier molecular flexibility index (Phi) is 4.74. The summed E-state index contributed by atoms with van der Waals surface area (Å²) in [6, 6.07) is 8.52. The quantitative estimate of drug-likeness (QED) is 0.861. The molecule has 3 heteroatoms. The Bertz CT molecular complexity index is 514. The van der Waals surface area contributed by atoms with Gasteiger partial charge >= 0.3 is 0 Å². The molecule has 0 aliphatic carbocycles. The molecule has 3 nitrogen and oxygen atoms in total. The fourth-order valence-corrected chi connectivity index (χ4v) is 2.21. The van der Waals surface area contributed by atoms with Crippen molar-refractivity contribution in [1.82, 2.24) is 14.9 Å². The van der Waals surface area contributed by atoms with E-state index < -0.39 is 0 Å². The number of para-hydroxylation sites is 1. The first-order valence-corrected chi connectivity index (χ1v) is 7.03. The zero-order valence-corrected chi connectivity index (χ0v) is 12.1. The largest absolute Gasteiger partial charge is 0.312 e. The van der Waals surface area contributed by atoms with Gasteiger partial charge in [-0.25, -0.2) is 4.98 Å². The molecule has 1 N–H and O–H groups in total. The van der Waals surface area contributed by atoms with Gasteiger partial charge in [-0.15, -0.1) is 0 Å². The second-order valence-corrected chi connectivity index (χ2v) is 5.22. The molecule has 0 bridgehead atoms. The summed E-state index contributed by atoms with van der Waals surface area (Å²) >= 11 is 0. The third-order valence-electron chi connectivity index (χ3n) is 3.15. The number of rotatable bonds is 6. The van der Waals surface area contributed by atoms with Crippen molar-refractivity contribution in [2.45, 2.75) is 33.7 Å². The maximum atomic E-state index is 4.40. The molecule has 1 aromatic carbocycles. The maximum absolute atomic E-state index is 4.40. The Hall–Kier alpha value is -1.61. The molecule has 0 atom stereocenters. The van der Waals surface area contributed by atoms with E-state index in [1.807, 2.05) is 12.4 Å². The molecule has 0 radical (unpaired) electrons. The molecular weight excluding hydrogens is 234 g/mol. The van der Waals surface area contributed by atoms with Gasteiger partial charge in [0.2, 0.25) is 0 Å². The first kappa shape index (κ1) is 13.8. The van der Waals surface area contributed by atoms with E-state index >= 15 is 0 Å². The lowest BCUT2D eigenvalue weighted by molar-refractivity contribution is 0.551. The highest BCUT2D eigenvalue weighted by Crippen LogP contribution is 2.16. The molecule has 0 amide bonds. The lowest BCUT2D eigenvalue weighted by Crippen LogP contribution is -2.20. The first-order valence-electron chi connectivity index (χ1n) is 7.03. The van der Waals surface area contributed by atoms with Gasteiger partial charge in [-0.3, -0.25) is 0 Å². The summed E-state index contributed by atoms with van der Waals surface area (Å²) in [5.41, 5.74) is 2.55. The predicted octanol–water partition coefficient (Wildman–Crippen LogP) is 3.18. The monoisotopic (exact) mass is 257 g/mol. The highest BCUT2D eigenvalue weighted by Gasteiger charge is 2.07. The molecule has 102 valence electrons. The highest BCUT2D eigenvalue weighted by molar-refractivity contribution is 5.42. The van der Waals surface area contributed by atoms with Crippen molar-refractivity contribution < 1.29 is 0 Å². The molecule has 0 spiro atoms. The third-order valence-corrected chi connectivity index (χ3v) is 3.15. The zero-order valence-electron chi connectivity index (χ0n) is 12.1. The van der Waals surface area contributed by atoms with Crippen molar-refractivity contribution in [3.63, 3.8) is 0 Å². The molecule has 0 fully saturated rings. The summed E-state index contributed by atoms with van der Waals surface area (Å²) in [6.07, 6.45) is 4.86. The van der Waals surface area contributed by atoms with Crippen LogP contribution in [0.2, 0.25) is 0 Å². The fraction of sp³-hybridized carbons (Fsp3) is 0.438. The van der Waals surface area contributed by atoms with E-state index in [1.54, 1.807) is 0 Å². The normalized spacial score (nSPS) is 11.2. The average molecular weight is 257 g/mol. The molecule has 0 aliphatic heterocycles. The number of hydrogen-bond donors (Lipinski definition) is 1. The SMILES string of the molecule is CCc1nccn1-c1ccccc1CNCC(C)C. The standard InChI is InChI=1S/C16H23N3/c1-4-16-18-9-10-19(16)15-8-6-5-7-14(15)12-17-11-13(2)3/h5-10,13,17H,4,11-12H2,1-3H3. The van der Waals surface area contributed by atoms with Crippen LogP contribution in [-0.2, 0) is 13.0 Å². The van der Waals surface area contributed by atoms with Gasteiger partial charge in [0.1, 0.15) is 5.82 Å². The first-order chi connectivity index (χ1) is 9.22. The topological polar surface area (TPSA) is 29.9 Å². The third kappa shape index (κ3) is 3.44. The molecule has 1 heterocycles. The lowest BCUT2D eigenvalue weighted by atomic mass is 10.1. The summed E-state index contributed by atoms with van der Waals surface area (Å²) < 4.78 is 2.19. The van der Waals surface area contributed by atoms with Gasteiger partial charge < -0.3 is 9.88 Å². The van der Waals surface area contributed by atoms with E-state index in [-0.39, 0.29) is 0 Å². The van der Waals surface area contributed by atoms with Crippen LogP contribution >= 0.6 is 0 Å². The minimum Gasteiger partial charge on any atom is -0.312 e. The number of nitrogens with zero attached hydrogens (tertiary/aromatic N) is 2. The number of aryl methyl sites for hydroxylation is 1. The van der Waals surface area contributed by atoms with Crippen molar-refractivity contribution in [2.24, 2.45) is 5.92 Å². The molecule has 0 saturated heterocycles. The van der Waals surface area contributed by atoms with Crippen LogP contribution in [0, 0.1) is 5.92 Å². The van der Waals surface area contributed by atoms with Crippen molar-refractivity contribution >= 4 is 0 Å². The van der Waals surface area contributed by atoms with Crippen molar-refractivity contribution in [3.8, 4) is 5.69 Å². The number of imidazole rings is 1. The van der Waals surface area contributed by atoms with Gasteiger partial charge in [0, 0.05) is 25.4 Å². The van der Waals surface area contributed by atoms with Crippen LogP contribution in [-0.4, -0.2) is 16.1 Å². The second kappa shape index (κ2) is 6.53. The predicted molar refractivity (Wildman–Crippen MR) is 79.5 cm³/mol. The van der Waals surface area contributed by atoms with E-state index in [0.29, 0.717) is 5.92 Å². The minimum atomic E-state index is 0.673. The number of benzene rings is 1. The fourth-order valence-electron chi connectivity index (χ4n) is 2.21. The van der Waals surface area contributed by atoms with Gasteiger partial charge in [-0.05, 0) is 24.1 Å². The maximum Gasteiger partial charge on any atom is 0.112 e. The molecule has 0 saturated carbocycles. The van der Waals surface area contributed by atoms with Crippen molar-refractivity contribution in [1.29, 1.82) is 0 Å². The zero-order chi connectivity index (χ0) is 13.7. The Labute approximate surface area is 115 Å². The van der Waals surface area contributed by atoms with Crippen LogP contribution in [0.15, 0.2) is 36.7 Å². The van der Waals surface area contributed by atoms with Gasteiger partial charge in [0.15, 0.2) is 0 Å². The van der Waals surface area contributed by atoms with Crippen LogP contribution in [0.3, 0.4) is 0 Å². The number of hydrogen-bond acceptors (Lipinski definition) is 2. The Balaban J connectivity index is 2.21. The number of nitrogens with one attached hydrogen (secondary N) is 1. The van der Waals surface area contributed by atoms with Gasteiger partial charge in [0.25, 0.3) is 0 Å². The molecule has 0 unspecified atom stereocenters. The van der Waals surface area contributed by atoms with Crippen LogP contribution in [0.1, 0.15) is 32.2 Å². The van der Waals surface area contributed by atoms with E-state index in [0.717, 1.165) is 25.3 Å². The summed E-state index contributed by atoms with van der Waals surface area (Å²) in [5.74, 6) is 1.78. The highest BCUT2D eigenvalue weighted by atomic mass is 15.1. The van der Waals surface area contributed by atoms with E-state index in [9.17, 15) is 0 Å². The van der Waals surface area contributed by atoms with Crippen LogP contribution < -0.4 is 5.32 Å². The molecule has 2 rings (SSSR count). The van der Waals surface area contributed by atoms with E-state index in [4.69, 9.17) is 0 Å². The van der Waals surface area contributed by atoms with Gasteiger partial charge in [-0.2, -0.15) is 0 Å². The Morgan fingerprint density at radius 1 is 1.26 bits per heavy atom. The summed E-state index contributed by atoms with van der Waals surface area (Å²) in [7, 11) is 0. The molecule has 1 aromatic heterocycles. The van der Waals surface area contributed by atoms with Crippen LogP contribution in [0.5, 0.6) is 0 Å². The molecule has 0 aliphatic rings. The van der Waals surface area contributed by atoms with Crippen molar-refractivity contribution in [2.75, 3.05) is 6.54 Å². The molecular formula is C16H23N3. The summed E-state index contributed by atoms with van der Waals surface area (Å²) in [6.45, 7) is 8.53. The Morgan fingerprint density at radius 3 is 2.79 bits per heavy atom. The molecule has 2 aromatic rings. The number of aromatic nitrogens is 2. The summed E-state index contributed by atoms with van der Waals surface area (Å²) in [5, 5.41) is 3.51. The van der Waals surface area contributed by atoms with Crippen molar-refractivity contribution in [3.05, 3.63) is 48.0 Å². The lowest BCUT2D eigenvalue weighted by Gasteiger charge is -2.14. The smallest absolute Gasteiger partial charge is 0.112 e. The average Bonchev–Trinajstić information content (AvgIpc) is 2.87. The van der Waals surface area contributed by atoms with E-state index in [2.05, 4.69) is 59.9 Å². The Morgan fingerprint density at radius 2 is 2.05 bits per heavy atom. The summed E-state index contributed by atoms with van der Waals surface area (Å²) in [4.78, 5) is 4.40. The molecule has 19 heavy (non-hydrogen) atoms. The van der Waals surface area contributed by atoms with Gasteiger partial charge in [0.05, 0.1) is 5.69 Å². The van der Waals surface area contributed by atoms with Gasteiger partial charge in [-0.1, -0.05) is 39.0 Å². The minimum absolute atomic E-state index is 0.673. The van der Waals surface area contributed by atoms with Crippen LogP contribution in [0.25, 0.3) is 5.69 Å². The van der Waals surface area contributed by atoms with Crippen LogP contribution in [0.4, 0.5) is 0 Å². The van der Waals surface area contributed by atoms with E-state index in [1.165, 1.54) is 11.3 Å².